The summed E-state index contributed by atoms with van der Waals surface area (Å²) in [7, 11) is 0. The number of benzene rings is 2. The van der Waals surface area contributed by atoms with Gasteiger partial charge in [-0.15, -0.1) is 5.10 Å². The molecule has 1 aromatic heterocycles. The van der Waals surface area contributed by atoms with Crippen molar-refractivity contribution in [1.29, 1.82) is 0 Å². The molecular formula is C14H13N3O. The summed E-state index contributed by atoms with van der Waals surface area (Å²) in [5.41, 5.74) is 3.48. The molecule has 4 heteroatoms. The van der Waals surface area contributed by atoms with E-state index >= 15 is 0 Å². The Bertz CT molecular complexity index is 688. The van der Waals surface area contributed by atoms with Crippen LogP contribution in [0.15, 0.2) is 48.5 Å². The van der Waals surface area contributed by atoms with Crippen molar-refractivity contribution in [3.8, 4) is 5.69 Å². The van der Waals surface area contributed by atoms with Gasteiger partial charge in [-0.2, -0.15) is 0 Å². The summed E-state index contributed by atoms with van der Waals surface area (Å²) < 4.78 is 1.76. The zero-order valence-corrected chi connectivity index (χ0v) is 9.99. The first kappa shape index (κ1) is 10.9. The Morgan fingerprint density at radius 2 is 1.78 bits per heavy atom. The van der Waals surface area contributed by atoms with Crippen LogP contribution in [-0.4, -0.2) is 20.1 Å². The van der Waals surface area contributed by atoms with Gasteiger partial charge in [0.25, 0.3) is 0 Å². The Labute approximate surface area is 104 Å². The number of aliphatic hydroxyl groups excluding tert-OH is 1. The summed E-state index contributed by atoms with van der Waals surface area (Å²) in [4.78, 5) is 0. The van der Waals surface area contributed by atoms with E-state index in [-0.39, 0.29) is 0 Å². The second-order valence-electron chi connectivity index (χ2n) is 4.22. The molecule has 90 valence electrons. The summed E-state index contributed by atoms with van der Waals surface area (Å²) >= 11 is 0. The van der Waals surface area contributed by atoms with Gasteiger partial charge in [0.2, 0.25) is 0 Å². The Morgan fingerprint density at radius 1 is 1.06 bits per heavy atom. The molecule has 0 amide bonds. The minimum Gasteiger partial charge on any atom is -0.389 e. The molecule has 0 aliphatic carbocycles. The van der Waals surface area contributed by atoms with Crippen molar-refractivity contribution >= 4 is 11.0 Å². The van der Waals surface area contributed by atoms with Crippen molar-refractivity contribution in [1.82, 2.24) is 15.0 Å². The fraction of sp³-hybridized carbons (Fsp3) is 0.143. The Kier molecular flexibility index (Phi) is 2.57. The highest BCUT2D eigenvalue weighted by Crippen LogP contribution is 2.23. The van der Waals surface area contributed by atoms with Crippen LogP contribution < -0.4 is 0 Å². The monoisotopic (exact) mass is 239 g/mol. The number of para-hydroxylation sites is 2. The number of rotatable bonds is 2. The third kappa shape index (κ3) is 1.67. The van der Waals surface area contributed by atoms with Gasteiger partial charge in [-0.05, 0) is 25.1 Å². The normalized spacial score (nSPS) is 12.8. The summed E-state index contributed by atoms with van der Waals surface area (Å²) in [6.07, 6.45) is -0.538. The van der Waals surface area contributed by atoms with Gasteiger partial charge in [-0.25, -0.2) is 4.68 Å². The predicted molar refractivity (Wildman–Crippen MR) is 69.5 cm³/mol. The standard InChI is InChI=1S/C14H13N3O/c1-10(18)11-6-2-4-8-13(11)17-14-9-5-3-7-12(14)15-16-17/h2-10,18H,1H3. The molecule has 0 fully saturated rings. The number of aliphatic hydroxyl groups is 1. The van der Waals surface area contributed by atoms with Crippen LogP contribution in [-0.2, 0) is 0 Å². The van der Waals surface area contributed by atoms with Crippen LogP contribution in [0.1, 0.15) is 18.6 Å². The summed E-state index contributed by atoms with van der Waals surface area (Å²) in [6.45, 7) is 1.75. The third-order valence-electron chi connectivity index (χ3n) is 2.97. The van der Waals surface area contributed by atoms with E-state index in [0.717, 1.165) is 22.3 Å². The van der Waals surface area contributed by atoms with Crippen molar-refractivity contribution in [2.75, 3.05) is 0 Å². The smallest absolute Gasteiger partial charge is 0.113 e. The molecule has 4 nitrogen and oxygen atoms in total. The van der Waals surface area contributed by atoms with Crippen LogP contribution in [0.5, 0.6) is 0 Å². The number of nitrogens with zero attached hydrogens (tertiary/aromatic N) is 3. The van der Waals surface area contributed by atoms with Crippen LogP contribution in [0, 0.1) is 0 Å². The quantitative estimate of drug-likeness (QED) is 0.747. The first-order valence-corrected chi connectivity index (χ1v) is 5.85. The molecule has 3 rings (SSSR count). The SMILES string of the molecule is CC(O)c1ccccc1-n1nnc2ccccc21. The van der Waals surface area contributed by atoms with Gasteiger partial charge in [0, 0.05) is 5.56 Å². The molecule has 0 saturated heterocycles. The molecule has 18 heavy (non-hydrogen) atoms. The number of hydrogen-bond donors (Lipinski definition) is 1. The third-order valence-corrected chi connectivity index (χ3v) is 2.97. The summed E-state index contributed by atoms with van der Waals surface area (Å²) in [6, 6.07) is 15.4. The fourth-order valence-electron chi connectivity index (χ4n) is 2.08. The maximum atomic E-state index is 9.81. The van der Waals surface area contributed by atoms with Gasteiger partial charge < -0.3 is 5.11 Å². The van der Waals surface area contributed by atoms with Gasteiger partial charge >= 0.3 is 0 Å². The van der Waals surface area contributed by atoms with Crippen LogP contribution in [0.3, 0.4) is 0 Å². The van der Waals surface area contributed by atoms with E-state index in [0.29, 0.717) is 0 Å². The van der Waals surface area contributed by atoms with Gasteiger partial charge in [0.15, 0.2) is 0 Å². The molecule has 0 aliphatic heterocycles. The molecule has 0 saturated carbocycles. The van der Waals surface area contributed by atoms with Crippen molar-refractivity contribution in [3.63, 3.8) is 0 Å². The van der Waals surface area contributed by atoms with Crippen LogP contribution >= 0.6 is 0 Å². The highest BCUT2D eigenvalue weighted by Gasteiger charge is 2.12. The van der Waals surface area contributed by atoms with Gasteiger partial charge in [-0.1, -0.05) is 35.5 Å². The largest absolute Gasteiger partial charge is 0.389 e. The number of aromatic nitrogens is 3. The Hall–Kier alpha value is -2.20. The van der Waals surface area contributed by atoms with Gasteiger partial charge in [0.1, 0.15) is 5.52 Å². The zero-order valence-electron chi connectivity index (χ0n) is 9.99. The molecule has 0 radical (unpaired) electrons. The molecule has 2 aromatic carbocycles. The van der Waals surface area contributed by atoms with Crippen molar-refractivity contribution < 1.29 is 5.11 Å². The molecule has 0 bridgehead atoms. The van der Waals surface area contributed by atoms with E-state index in [1.54, 1.807) is 11.6 Å². The van der Waals surface area contributed by atoms with E-state index in [4.69, 9.17) is 0 Å². The summed E-state index contributed by atoms with van der Waals surface area (Å²) in [5, 5.41) is 18.1. The minimum absolute atomic E-state index is 0.538. The lowest BCUT2D eigenvalue weighted by molar-refractivity contribution is 0.199. The van der Waals surface area contributed by atoms with E-state index in [9.17, 15) is 5.11 Å². The predicted octanol–water partition coefficient (Wildman–Crippen LogP) is 2.47. The second-order valence-corrected chi connectivity index (χ2v) is 4.22. The molecule has 1 unspecified atom stereocenters. The lowest BCUT2D eigenvalue weighted by atomic mass is 10.1. The van der Waals surface area contributed by atoms with E-state index in [1.807, 2.05) is 48.5 Å². The summed E-state index contributed by atoms with van der Waals surface area (Å²) in [5.74, 6) is 0. The van der Waals surface area contributed by atoms with Crippen molar-refractivity contribution in [2.24, 2.45) is 0 Å². The van der Waals surface area contributed by atoms with E-state index in [2.05, 4.69) is 10.3 Å². The second kappa shape index (κ2) is 4.23. The number of hydrogen-bond acceptors (Lipinski definition) is 3. The lowest BCUT2D eigenvalue weighted by Gasteiger charge is -2.11. The molecule has 1 N–H and O–H groups in total. The van der Waals surface area contributed by atoms with Crippen LogP contribution in [0.2, 0.25) is 0 Å². The molecular weight excluding hydrogens is 226 g/mol. The fourth-order valence-corrected chi connectivity index (χ4v) is 2.08. The molecule has 0 aliphatic rings. The average Bonchev–Trinajstić information content (AvgIpc) is 2.82. The highest BCUT2D eigenvalue weighted by molar-refractivity contribution is 5.76. The Morgan fingerprint density at radius 3 is 2.61 bits per heavy atom. The molecule has 1 atom stereocenters. The maximum absolute atomic E-state index is 9.81. The lowest BCUT2D eigenvalue weighted by Crippen LogP contribution is -2.03. The topological polar surface area (TPSA) is 50.9 Å². The van der Waals surface area contributed by atoms with Crippen molar-refractivity contribution in [3.05, 3.63) is 54.1 Å². The first-order valence-electron chi connectivity index (χ1n) is 5.85. The average molecular weight is 239 g/mol. The molecule has 3 aromatic rings. The zero-order chi connectivity index (χ0) is 12.5. The molecule has 0 spiro atoms. The van der Waals surface area contributed by atoms with Crippen molar-refractivity contribution in [2.45, 2.75) is 13.0 Å². The van der Waals surface area contributed by atoms with E-state index in [1.165, 1.54) is 0 Å². The Balaban J connectivity index is 2.27. The minimum atomic E-state index is -0.538. The van der Waals surface area contributed by atoms with Crippen LogP contribution in [0.4, 0.5) is 0 Å². The maximum Gasteiger partial charge on any atom is 0.113 e. The molecule has 1 heterocycles. The highest BCUT2D eigenvalue weighted by atomic mass is 16.3. The van der Waals surface area contributed by atoms with Gasteiger partial charge in [-0.3, -0.25) is 0 Å². The van der Waals surface area contributed by atoms with Crippen LogP contribution in [0.25, 0.3) is 16.7 Å². The van der Waals surface area contributed by atoms with Gasteiger partial charge in [0.05, 0.1) is 17.3 Å². The van der Waals surface area contributed by atoms with E-state index < -0.39 is 6.10 Å². The first-order chi connectivity index (χ1) is 8.77. The number of fused-ring (bicyclic) bond motifs is 1.